The third-order valence-corrected chi connectivity index (χ3v) is 4.85. The Morgan fingerprint density at radius 2 is 1.84 bits per heavy atom. The molecule has 25 heavy (non-hydrogen) atoms. The van der Waals surface area contributed by atoms with Crippen LogP contribution in [0.15, 0.2) is 36.9 Å². The molecule has 7 heteroatoms. The molecule has 1 fully saturated rings. The number of hydrogen-bond acceptors (Lipinski definition) is 5. The first-order valence-electron chi connectivity index (χ1n) is 8.62. The molecule has 1 saturated heterocycles. The van der Waals surface area contributed by atoms with Gasteiger partial charge < -0.3 is 10.2 Å². The van der Waals surface area contributed by atoms with Gasteiger partial charge in [0, 0.05) is 43.8 Å². The van der Waals surface area contributed by atoms with Crippen molar-refractivity contribution in [2.24, 2.45) is 0 Å². The van der Waals surface area contributed by atoms with E-state index < -0.39 is 0 Å². The third-order valence-electron chi connectivity index (χ3n) is 4.85. The second-order valence-corrected chi connectivity index (χ2v) is 7.17. The minimum atomic E-state index is -0.0579. The minimum Gasteiger partial charge on any atom is -0.350 e. The van der Waals surface area contributed by atoms with Crippen LogP contribution in [-0.4, -0.2) is 75.8 Å². The van der Waals surface area contributed by atoms with E-state index in [1.165, 1.54) is 6.33 Å². The van der Waals surface area contributed by atoms with Gasteiger partial charge in [-0.25, -0.2) is 9.67 Å². The van der Waals surface area contributed by atoms with Crippen LogP contribution in [0.5, 0.6) is 0 Å². The molecule has 0 aliphatic carbocycles. The van der Waals surface area contributed by atoms with Gasteiger partial charge in [-0.1, -0.05) is 0 Å². The lowest BCUT2D eigenvalue weighted by Crippen LogP contribution is -2.57. The maximum absolute atomic E-state index is 12.5. The van der Waals surface area contributed by atoms with E-state index in [1.54, 1.807) is 11.0 Å². The molecule has 1 amide bonds. The Kier molecular flexibility index (Phi) is 5.15. The van der Waals surface area contributed by atoms with Crippen molar-refractivity contribution in [1.29, 1.82) is 0 Å². The van der Waals surface area contributed by atoms with Crippen molar-refractivity contribution in [3.05, 3.63) is 42.5 Å². The predicted octanol–water partition coefficient (Wildman–Crippen LogP) is 1.02. The molecule has 2 aromatic rings. The standard InChI is InChI=1S/C18H26N6O/c1-18(2,23-10-8-22(3)9-11-23)12-20-17(25)15-4-6-16(7-5-15)24-14-19-13-21-24/h4-7,13-14H,8-12H2,1-3H3,(H,20,25). The summed E-state index contributed by atoms with van der Waals surface area (Å²) in [5.74, 6) is -0.0488. The summed E-state index contributed by atoms with van der Waals surface area (Å²) in [7, 11) is 2.15. The third kappa shape index (κ3) is 4.24. The van der Waals surface area contributed by atoms with Gasteiger partial charge in [0.1, 0.15) is 12.7 Å². The lowest BCUT2D eigenvalue weighted by Gasteiger charge is -2.43. The van der Waals surface area contributed by atoms with Crippen molar-refractivity contribution in [1.82, 2.24) is 29.9 Å². The Morgan fingerprint density at radius 1 is 1.16 bits per heavy atom. The molecular formula is C18H26N6O. The molecule has 1 aliphatic heterocycles. The van der Waals surface area contributed by atoms with Crippen molar-refractivity contribution < 1.29 is 4.79 Å². The summed E-state index contributed by atoms with van der Waals surface area (Å²) in [6, 6.07) is 7.37. The Bertz CT molecular complexity index is 687. The first-order chi connectivity index (χ1) is 12.0. The van der Waals surface area contributed by atoms with Gasteiger partial charge in [0.25, 0.3) is 5.91 Å². The van der Waals surface area contributed by atoms with Crippen molar-refractivity contribution in [3.8, 4) is 5.69 Å². The number of rotatable bonds is 5. The fraction of sp³-hybridized carbons (Fsp3) is 0.500. The molecule has 0 radical (unpaired) electrons. The predicted molar refractivity (Wildman–Crippen MR) is 96.8 cm³/mol. The summed E-state index contributed by atoms with van der Waals surface area (Å²) in [5, 5.41) is 7.16. The van der Waals surface area contributed by atoms with Crippen LogP contribution in [0, 0.1) is 0 Å². The van der Waals surface area contributed by atoms with Crippen molar-refractivity contribution >= 4 is 5.91 Å². The second-order valence-electron chi connectivity index (χ2n) is 7.17. The summed E-state index contributed by atoms with van der Waals surface area (Å²) in [6.07, 6.45) is 3.12. The van der Waals surface area contributed by atoms with Gasteiger partial charge in [-0.2, -0.15) is 5.10 Å². The number of piperazine rings is 1. The minimum absolute atomic E-state index is 0.0488. The van der Waals surface area contributed by atoms with E-state index in [0.29, 0.717) is 12.1 Å². The van der Waals surface area contributed by atoms with Crippen LogP contribution in [0.3, 0.4) is 0 Å². The first-order valence-corrected chi connectivity index (χ1v) is 8.62. The van der Waals surface area contributed by atoms with Gasteiger partial charge in [0.05, 0.1) is 5.69 Å². The fourth-order valence-electron chi connectivity index (χ4n) is 3.03. The Labute approximate surface area is 148 Å². The van der Waals surface area contributed by atoms with Gasteiger partial charge in [0.2, 0.25) is 0 Å². The number of benzene rings is 1. The molecule has 0 bridgehead atoms. The Morgan fingerprint density at radius 3 is 2.44 bits per heavy atom. The number of likely N-dealkylation sites (N-methyl/N-ethyl adjacent to an activating group) is 1. The van der Waals surface area contributed by atoms with Crippen molar-refractivity contribution in [2.45, 2.75) is 19.4 Å². The maximum atomic E-state index is 12.5. The summed E-state index contributed by atoms with van der Waals surface area (Å²) >= 11 is 0. The molecule has 2 heterocycles. The number of aromatic nitrogens is 3. The molecule has 3 rings (SSSR count). The van der Waals surface area contributed by atoms with E-state index in [1.807, 2.05) is 24.3 Å². The zero-order valence-corrected chi connectivity index (χ0v) is 15.1. The average Bonchev–Trinajstić information content (AvgIpc) is 3.15. The smallest absolute Gasteiger partial charge is 0.251 e. The van der Waals surface area contributed by atoms with Crippen LogP contribution >= 0.6 is 0 Å². The van der Waals surface area contributed by atoms with Gasteiger partial charge >= 0.3 is 0 Å². The fourth-order valence-corrected chi connectivity index (χ4v) is 3.03. The number of carbonyl (C=O) groups excluding carboxylic acids is 1. The lowest BCUT2D eigenvalue weighted by molar-refractivity contribution is 0.0588. The topological polar surface area (TPSA) is 66.3 Å². The number of amides is 1. The molecule has 134 valence electrons. The van der Waals surface area contributed by atoms with Crippen LogP contribution in [0.25, 0.3) is 5.69 Å². The molecule has 0 spiro atoms. The molecule has 7 nitrogen and oxygen atoms in total. The van der Waals surface area contributed by atoms with Crippen LogP contribution in [0.2, 0.25) is 0 Å². The Balaban J connectivity index is 1.56. The molecule has 1 aliphatic rings. The highest BCUT2D eigenvalue weighted by atomic mass is 16.1. The average molecular weight is 342 g/mol. The number of hydrogen-bond donors (Lipinski definition) is 1. The molecule has 1 aromatic carbocycles. The molecule has 1 N–H and O–H groups in total. The van der Waals surface area contributed by atoms with E-state index in [0.717, 1.165) is 31.9 Å². The van der Waals surface area contributed by atoms with Crippen molar-refractivity contribution in [3.63, 3.8) is 0 Å². The van der Waals surface area contributed by atoms with Gasteiger partial charge in [-0.15, -0.1) is 0 Å². The molecular weight excluding hydrogens is 316 g/mol. The van der Waals surface area contributed by atoms with Crippen LogP contribution < -0.4 is 5.32 Å². The summed E-state index contributed by atoms with van der Waals surface area (Å²) < 4.78 is 1.66. The largest absolute Gasteiger partial charge is 0.350 e. The normalized spacial score (nSPS) is 16.8. The van der Waals surface area contributed by atoms with E-state index in [4.69, 9.17) is 0 Å². The monoisotopic (exact) mass is 342 g/mol. The number of nitrogens with zero attached hydrogens (tertiary/aromatic N) is 5. The maximum Gasteiger partial charge on any atom is 0.251 e. The summed E-state index contributed by atoms with van der Waals surface area (Å²) in [6.45, 7) is 9.21. The van der Waals surface area contributed by atoms with Crippen LogP contribution in [-0.2, 0) is 0 Å². The van der Waals surface area contributed by atoms with Gasteiger partial charge in [-0.05, 0) is 45.2 Å². The highest BCUT2D eigenvalue weighted by Crippen LogP contribution is 2.16. The van der Waals surface area contributed by atoms with E-state index in [2.05, 4.69) is 46.1 Å². The quantitative estimate of drug-likeness (QED) is 0.879. The van der Waals surface area contributed by atoms with E-state index in [9.17, 15) is 4.79 Å². The summed E-state index contributed by atoms with van der Waals surface area (Å²) in [4.78, 5) is 21.2. The van der Waals surface area contributed by atoms with Gasteiger partial charge in [0.15, 0.2) is 0 Å². The number of nitrogens with one attached hydrogen (secondary N) is 1. The van der Waals surface area contributed by atoms with Crippen LogP contribution in [0.1, 0.15) is 24.2 Å². The lowest BCUT2D eigenvalue weighted by atomic mass is 10.0. The molecule has 0 saturated carbocycles. The highest BCUT2D eigenvalue weighted by molar-refractivity contribution is 5.94. The zero-order valence-electron chi connectivity index (χ0n) is 15.1. The molecule has 0 unspecified atom stereocenters. The highest BCUT2D eigenvalue weighted by Gasteiger charge is 2.29. The second kappa shape index (κ2) is 7.33. The van der Waals surface area contributed by atoms with E-state index >= 15 is 0 Å². The van der Waals surface area contributed by atoms with E-state index in [-0.39, 0.29) is 11.4 Å². The van der Waals surface area contributed by atoms with Gasteiger partial charge in [-0.3, -0.25) is 9.69 Å². The van der Waals surface area contributed by atoms with Crippen molar-refractivity contribution in [2.75, 3.05) is 39.8 Å². The zero-order chi connectivity index (χ0) is 17.9. The summed E-state index contributed by atoms with van der Waals surface area (Å²) in [5.41, 5.74) is 1.47. The molecule has 0 atom stereocenters. The number of carbonyl (C=O) groups is 1. The van der Waals surface area contributed by atoms with Crippen LogP contribution in [0.4, 0.5) is 0 Å². The SMILES string of the molecule is CN1CCN(C(C)(C)CNC(=O)c2ccc(-n3cncn3)cc2)CC1. The Hall–Kier alpha value is -2.25. The first kappa shape index (κ1) is 17.6. The molecule has 1 aromatic heterocycles.